The van der Waals surface area contributed by atoms with E-state index in [1.165, 1.54) is 6.42 Å². The quantitative estimate of drug-likeness (QED) is 0.771. The number of nitrogens with one attached hydrogen (secondary N) is 2. The van der Waals surface area contributed by atoms with Crippen LogP contribution < -0.4 is 10.6 Å². The summed E-state index contributed by atoms with van der Waals surface area (Å²) < 4.78 is 1.05. The van der Waals surface area contributed by atoms with Crippen molar-refractivity contribution in [2.45, 2.75) is 19.8 Å². The number of hydrogen-bond acceptors (Lipinski definition) is 2. The maximum atomic E-state index is 12.1. The van der Waals surface area contributed by atoms with E-state index in [2.05, 4.69) is 33.2 Å². The van der Waals surface area contributed by atoms with E-state index in [1.54, 1.807) is 0 Å². The average molecular weight is 395 g/mol. The van der Waals surface area contributed by atoms with Gasteiger partial charge in [-0.1, -0.05) is 12.1 Å². The van der Waals surface area contributed by atoms with E-state index in [9.17, 15) is 4.79 Å². The van der Waals surface area contributed by atoms with Crippen LogP contribution in [0.25, 0.3) is 0 Å². The third-order valence-electron chi connectivity index (χ3n) is 3.44. The molecule has 0 radical (unpaired) electrons. The molecule has 1 unspecified atom stereocenters. The zero-order chi connectivity index (χ0) is 13.0. The van der Waals surface area contributed by atoms with E-state index in [-0.39, 0.29) is 18.3 Å². The molecule has 19 heavy (non-hydrogen) atoms. The number of halogens is 2. The third kappa shape index (κ3) is 4.61. The average Bonchev–Trinajstić information content (AvgIpc) is 2.85. The Morgan fingerprint density at radius 2 is 2.32 bits per heavy atom. The van der Waals surface area contributed by atoms with Crippen molar-refractivity contribution in [3.05, 3.63) is 32.9 Å². The highest BCUT2D eigenvalue weighted by Gasteiger charge is 2.15. The van der Waals surface area contributed by atoms with Crippen molar-refractivity contribution >= 4 is 40.9 Å². The van der Waals surface area contributed by atoms with Gasteiger partial charge in [0.2, 0.25) is 0 Å². The summed E-state index contributed by atoms with van der Waals surface area (Å²) in [6, 6.07) is 5.86. The molecule has 1 aromatic carbocycles. The van der Waals surface area contributed by atoms with E-state index >= 15 is 0 Å². The molecule has 1 heterocycles. The highest BCUT2D eigenvalue weighted by atomic mass is 127. The second kappa shape index (κ2) is 8.07. The predicted octanol–water partition coefficient (Wildman–Crippen LogP) is 2.75. The minimum Gasteiger partial charge on any atom is -0.352 e. The highest BCUT2D eigenvalue weighted by molar-refractivity contribution is 14.1. The lowest BCUT2D eigenvalue weighted by Gasteiger charge is -2.11. The van der Waals surface area contributed by atoms with Crippen LogP contribution in [0, 0.1) is 16.4 Å². The van der Waals surface area contributed by atoms with Gasteiger partial charge >= 0.3 is 0 Å². The Labute approximate surface area is 134 Å². The Kier molecular flexibility index (Phi) is 7.10. The molecule has 3 nitrogen and oxygen atoms in total. The summed E-state index contributed by atoms with van der Waals surface area (Å²) in [6.07, 6.45) is 2.30. The van der Waals surface area contributed by atoms with Crippen LogP contribution in [0.5, 0.6) is 0 Å². The molecule has 1 aliphatic heterocycles. The molecule has 1 atom stereocenters. The normalized spacial score (nSPS) is 17.9. The number of carbonyl (C=O) groups excluding carboxylic acids is 1. The first kappa shape index (κ1) is 16.7. The van der Waals surface area contributed by atoms with Crippen LogP contribution in [0.1, 0.15) is 28.8 Å². The molecule has 1 fully saturated rings. The number of rotatable bonds is 4. The van der Waals surface area contributed by atoms with Crippen LogP contribution in [0.15, 0.2) is 18.2 Å². The molecule has 0 aliphatic carbocycles. The molecule has 2 rings (SSSR count). The fourth-order valence-corrected chi connectivity index (χ4v) is 2.87. The Balaban J connectivity index is 0.00000180. The third-order valence-corrected chi connectivity index (χ3v) is 4.87. The van der Waals surface area contributed by atoms with Gasteiger partial charge < -0.3 is 10.6 Å². The van der Waals surface area contributed by atoms with E-state index in [0.29, 0.717) is 0 Å². The molecule has 2 N–H and O–H groups in total. The summed E-state index contributed by atoms with van der Waals surface area (Å²) >= 11 is 2.24. The SMILES string of the molecule is Cc1cccc(C(=O)NCCC2CCNC2)c1I.Cl. The standard InChI is InChI=1S/C14H19IN2O.ClH/c1-10-3-2-4-12(13(10)15)14(18)17-8-6-11-5-7-16-9-11;/h2-4,11,16H,5-9H2,1H3,(H,17,18);1H. The second-order valence-corrected chi connectivity index (χ2v) is 5.92. The zero-order valence-corrected chi connectivity index (χ0v) is 14.0. The molecule has 106 valence electrons. The molecule has 0 aromatic heterocycles. The number of aryl methyl sites for hydroxylation is 1. The summed E-state index contributed by atoms with van der Waals surface area (Å²) in [7, 11) is 0. The topological polar surface area (TPSA) is 41.1 Å². The first-order chi connectivity index (χ1) is 8.68. The molecule has 5 heteroatoms. The lowest BCUT2D eigenvalue weighted by Crippen LogP contribution is -2.27. The summed E-state index contributed by atoms with van der Waals surface area (Å²) in [5, 5.41) is 6.37. The van der Waals surface area contributed by atoms with Gasteiger partial charge in [-0.05, 0) is 73.0 Å². The van der Waals surface area contributed by atoms with E-state index in [0.717, 1.165) is 46.7 Å². The van der Waals surface area contributed by atoms with Gasteiger partial charge in [0.25, 0.3) is 5.91 Å². The van der Waals surface area contributed by atoms with Gasteiger partial charge in [0, 0.05) is 10.1 Å². The predicted molar refractivity (Wildman–Crippen MR) is 89.1 cm³/mol. The molecule has 0 spiro atoms. The molecule has 1 amide bonds. The lowest BCUT2D eigenvalue weighted by atomic mass is 10.1. The van der Waals surface area contributed by atoms with Gasteiger partial charge in [0.05, 0.1) is 5.56 Å². The van der Waals surface area contributed by atoms with Gasteiger partial charge in [0.15, 0.2) is 0 Å². The van der Waals surface area contributed by atoms with Gasteiger partial charge in [-0.25, -0.2) is 0 Å². The van der Waals surface area contributed by atoms with E-state index in [4.69, 9.17) is 0 Å². The van der Waals surface area contributed by atoms with Crippen molar-refractivity contribution < 1.29 is 4.79 Å². The van der Waals surface area contributed by atoms with Crippen LogP contribution in [0.3, 0.4) is 0 Å². The molecule has 0 bridgehead atoms. The summed E-state index contributed by atoms with van der Waals surface area (Å²) in [4.78, 5) is 12.1. The van der Waals surface area contributed by atoms with Crippen LogP contribution in [0.2, 0.25) is 0 Å². The summed E-state index contributed by atoms with van der Waals surface area (Å²) in [6.45, 7) is 5.02. The van der Waals surface area contributed by atoms with Crippen molar-refractivity contribution in [1.82, 2.24) is 10.6 Å². The first-order valence-corrected chi connectivity index (χ1v) is 7.50. The van der Waals surface area contributed by atoms with Crippen LogP contribution >= 0.6 is 35.0 Å². The van der Waals surface area contributed by atoms with Crippen molar-refractivity contribution in [3.8, 4) is 0 Å². The van der Waals surface area contributed by atoms with Crippen molar-refractivity contribution in [2.75, 3.05) is 19.6 Å². The maximum absolute atomic E-state index is 12.1. The fourth-order valence-electron chi connectivity index (χ4n) is 2.27. The van der Waals surface area contributed by atoms with Gasteiger partial charge in [-0.2, -0.15) is 0 Å². The smallest absolute Gasteiger partial charge is 0.252 e. The van der Waals surface area contributed by atoms with Crippen LogP contribution in [-0.4, -0.2) is 25.5 Å². The Bertz CT molecular complexity index is 433. The summed E-state index contributed by atoms with van der Waals surface area (Å²) in [5.41, 5.74) is 1.95. The van der Waals surface area contributed by atoms with Crippen LogP contribution in [0.4, 0.5) is 0 Å². The maximum Gasteiger partial charge on any atom is 0.252 e. The second-order valence-electron chi connectivity index (χ2n) is 4.84. The van der Waals surface area contributed by atoms with Gasteiger partial charge in [-0.3, -0.25) is 4.79 Å². The number of carbonyl (C=O) groups is 1. The number of hydrogen-bond donors (Lipinski definition) is 2. The van der Waals surface area contributed by atoms with Crippen molar-refractivity contribution in [3.63, 3.8) is 0 Å². The van der Waals surface area contributed by atoms with E-state index in [1.807, 2.05) is 25.1 Å². The largest absolute Gasteiger partial charge is 0.352 e. The summed E-state index contributed by atoms with van der Waals surface area (Å²) in [5.74, 6) is 0.774. The van der Waals surface area contributed by atoms with Crippen LogP contribution in [-0.2, 0) is 0 Å². The molecular weight excluding hydrogens is 375 g/mol. The van der Waals surface area contributed by atoms with E-state index < -0.39 is 0 Å². The lowest BCUT2D eigenvalue weighted by molar-refractivity contribution is 0.0950. The number of benzene rings is 1. The van der Waals surface area contributed by atoms with Crippen molar-refractivity contribution in [1.29, 1.82) is 0 Å². The first-order valence-electron chi connectivity index (χ1n) is 6.42. The number of amides is 1. The van der Waals surface area contributed by atoms with Crippen molar-refractivity contribution in [2.24, 2.45) is 5.92 Å². The Morgan fingerprint density at radius 3 is 3.00 bits per heavy atom. The molecule has 1 saturated heterocycles. The Hall–Kier alpha value is -0.330. The Morgan fingerprint density at radius 1 is 1.53 bits per heavy atom. The molecule has 1 aliphatic rings. The molecule has 0 saturated carbocycles. The van der Waals surface area contributed by atoms with Gasteiger partial charge in [-0.15, -0.1) is 12.4 Å². The minimum absolute atomic E-state index is 0. The highest BCUT2D eigenvalue weighted by Crippen LogP contribution is 2.16. The monoisotopic (exact) mass is 394 g/mol. The fraction of sp³-hybridized carbons (Fsp3) is 0.500. The van der Waals surface area contributed by atoms with Gasteiger partial charge in [0.1, 0.15) is 0 Å². The zero-order valence-electron chi connectivity index (χ0n) is 11.0. The molecular formula is C14H20ClIN2O. The molecule has 1 aromatic rings. The minimum atomic E-state index is 0.